The molecular weight excluding hydrogens is 156 g/mol. The fourth-order valence-electron chi connectivity index (χ4n) is 1.78. The molecule has 0 aromatic carbocycles. The predicted octanol–water partition coefficient (Wildman–Crippen LogP) is 0.318. The van der Waals surface area contributed by atoms with Crippen LogP contribution in [0.3, 0.4) is 0 Å². The number of cyclic esters (lactones) is 1. The minimum Gasteiger partial charge on any atom is -0.449 e. The van der Waals surface area contributed by atoms with Crippen molar-refractivity contribution in [3.63, 3.8) is 0 Å². The van der Waals surface area contributed by atoms with E-state index in [4.69, 9.17) is 10.5 Å². The highest BCUT2D eigenvalue weighted by Crippen LogP contribution is 2.25. The van der Waals surface area contributed by atoms with E-state index in [1.807, 2.05) is 4.90 Å². The zero-order chi connectivity index (χ0) is 8.55. The highest BCUT2D eigenvalue weighted by atomic mass is 16.6. The Morgan fingerprint density at radius 3 is 2.83 bits per heavy atom. The van der Waals surface area contributed by atoms with Gasteiger partial charge in [-0.1, -0.05) is 0 Å². The first kappa shape index (κ1) is 7.86. The quantitative estimate of drug-likeness (QED) is 0.616. The third-order valence-corrected chi connectivity index (χ3v) is 2.59. The molecule has 1 amide bonds. The molecule has 4 nitrogen and oxygen atoms in total. The molecule has 0 unspecified atom stereocenters. The highest BCUT2D eigenvalue weighted by molar-refractivity contribution is 5.68. The van der Waals surface area contributed by atoms with Gasteiger partial charge in [0.05, 0.1) is 6.61 Å². The van der Waals surface area contributed by atoms with E-state index >= 15 is 0 Å². The van der Waals surface area contributed by atoms with Crippen molar-refractivity contribution in [3.05, 3.63) is 0 Å². The predicted molar refractivity (Wildman–Crippen MR) is 43.7 cm³/mol. The number of rotatable bonds is 1. The van der Waals surface area contributed by atoms with Crippen LogP contribution in [0, 0.1) is 0 Å². The van der Waals surface area contributed by atoms with Crippen molar-refractivity contribution in [2.24, 2.45) is 5.73 Å². The topological polar surface area (TPSA) is 55.6 Å². The summed E-state index contributed by atoms with van der Waals surface area (Å²) >= 11 is 0. The summed E-state index contributed by atoms with van der Waals surface area (Å²) < 4.78 is 4.93. The molecule has 0 spiro atoms. The molecule has 2 rings (SSSR count). The molecule has 1 heterocycles. The van der Waals surface area contributed by atoms with Crippen LogP contribution in [0.15, 0.2) is 0 Å². The van der Waals surface area contributed by atoms with Gasteiger partial charge < -0.3 is 15.4 Å². The Morgan fingerprint density at radius 2 is 2.25 bits per heavy atom. The summed E-state index contributed by atoms with van der Waals surface area (Å²) in [6, 6.07) is 0.650. The van der Waals surface area contributed by atoms with Crippen LogP contribution < -0.4 is 5.73 Å². The molecule has 1 aliphatic heterocycles. The second kappa shape index (κ2) is 2.94. The van der Waals surface area contributed by atoms with Crippen LogP contribution in [0.5, 0.6) is 0 Å². The second-order valence-electron chi connectivity index (χ2n) is 3.55. The van der Waals surface area contributed by atoms with Gasteiger partial charge >= 0.3 is 6.09 Å². The fraction of sp³-hybridized carbons (Fsp3) is 0.875. The summed E-state index contributed by atoms with van der Waals surface area (Å²) in [6.45, 7) is 1.42. The Balaban J connectivity index is 1.89. The van der Waals surface area contributed by atoms with E-state index in [1.54, 1.807) is 0 Å². The van der Waals surface area contributed by atoms with Gasteiger partial charge in [0, 0.05) is 18.6 Å². The SMILES string of the molecule is NC1CC(N2CCCOC2=O)C1. The van der Waals surface area contributed by atoms with Gasteiger partial charge in [-0.05, 0) is 19.3 Å². The van der Waals surface area contributed by atoms with E-state index in [0.717, 1.165) is 25.8 Å². The largest absolute Gasteiger partial charge is 0.449 e. The van der Waals surface area contributed by atoms with E-state index in [1.165, 1.54) is 0 Å². The van der Waals surface area contributed by atoms with Crippen molar-refractivity contribution in [3.8, 4) is 0 Å². The van der Waals surface area contributed by atoms with Crippen LogP contribution in [0.25, 0.3) is 0 Å². The number of ether oxygens (including phenoxy) is 1. The first-order valence-electron chi connectivity index (χ1n) is 4.46. The third kappa shape index (κ3) is 1.27. The molecular formula is C8H14N2O2. The van der Waals surface area contributed by atoms with Crippen LogP contribution in [0.4, 0.5) is 4.79 Å². The van der Waals surface area contributed by atoms with Crippen molar-refractivity contribution in [1.82, 2.24) is 4.90 Å². The van der Waals surface area contributed by atoms with Crippen molar-refractivity contribution < 1.29 is 9.53 Å². The van der Waals surface area contributed by atoms with Gasteiger partial charge in [0.1, 0.15) is 0 Å². The maximum Gasteiger partial charge on any atom is 0.410 e. The number of hydrogen-bond donors (Lipinski definition) is 1. The number of amides is 1. The lowest BCUT2D eigenvalue weighted by atomic mass is 9.86. The molecule has 0 bridgehead atoms. The van der Waals surface area contributed by atoms with E-state index in [9.17, 15) is 4.79 Å². The number of nitrogens with zero attached hydrogens (tertiary/aromatic N) is 1. The zero-order valence-corrected chi connectivity index (χ0v) is 7.03. The molecule has 2 fully saturated rings. The van der Waals surface area contributed by atoms with E-state index in [-0.39, 0.29) is 6.09 Å². The maximum atomic E-state index is 11.2. The normalized spacial score (nSPS) is 35.8. The number of carbonyl (C=O) groups excluding carboxylic acids is 1. The Kier molecular flexibility index (Phi) is 1.92. The van der Waals surface area contributed by atoms with Gasteiger partial charge in [-0.2, -0.15) is 0 Å². The van der Waals surface area contributed by atoms with Crippen molar-refractivity contribution in [2.45, 2.75) is 31.3 Å². The molecule has 2 aliphatic rings. The lowest BCUT2D eigenvalue weighted by Crippen LogP contribution is -2.54. The standard InChI is InChI=1S/C8H14N2O2/c9-6-4-7(5-6)10-2-1-3-12-8(10)11/h6-7H,1-5,9H2. The molecule has 1 aliphatic carbocycles. The zero-order valence-electron chi connectivity index (χ0n) is 7.03. The average molecular weight is 170 g/mol. The van der Waals surface area contributed by atoms with E-state index < -0.39 is 0 Å². The summed E-state index contributed by atoms with van der Waals surface area (Å²) in [7, 11) is 0. The fourth-order valence-corrected chi connectivity index (χ4v) is 1.78. The van der Waals surface area contributed by atoms with Gasteiger partial charge in [0.15, 0.2) is 0 Å². The molecule has 0 aromatic rings. The summed E-state index contributed by atoms with van der Waals surface area (Å²) in [5.74, 6) is 0. The lowest BCUT2D eigenvalue weighted by molar-refractivity contribution is 0.0327. The number of hydrogen-bond acceptors (Lipinski definition) is 3. The molecule has 12 heavy (non-hydrogen) atoms. The number of nitrogens with two attached hydrogens (primary N) is 1. The van der Waals surface area contributed by atoms with Gasteiger partial charge in [0.25, 0.3) is 0 Å². The molecule has 1 saturated carbocycles. The van der Waals surface area contributed by atoms with Crippen LogP contribution in [-0.2, 0) is 4.74 Å². The molecule has 1 saturated heterocycles. The Bertz CT molecular complexity index is 189. The first-order valence-corrected chi connectivity index (χ1v) is 4.46. The van der Waals surface area contributed by atoms with Crippen molar-refractivity contribution in [1.29, 1.82) is 0 Å². The van der Waals surface area contributed by atoms with Gasteiger partial charge in [-0.25, -0.2) is 4.79 Å². The van der Waals surface area contributed by atoms with Crippen LogP contribution in [0.2, 0.25) is 0 Å². The van der Waals surface area contributed by atoms with E-state index in [0.29, 0.717) is 18.7 Å². The lowest BCUT2D eigenvalue weighted by Gasteiger charge is -2.42. The van der Waals surface area contributed by atoms with Gasteiger partial charge in [0.2, 0.25) is 0 Å². The summed E-state index contributed by atoms with van der Waals surface area (Å²) in [5.41, 5.74) is 5.64. The Hall–Kier alpha value is -0.770. The maximum absolute atomic E-state index is 11.2. The first-order chi connectivity index (χ1) is 5.77. The van der Waals surface area contributed by atoms with Crippen LogP contribution >= 0.6 is 0 Å². The third-order valence-electron chi connectivity index (χ3n) is 2.59. The molecule has 4 heteroatoms. The van der Waals surface area contributed by atoms with Crippen LogP contribution in [-0.4, -0.2) is 36.2 Å². The summed E-state index contributed by atoms with van der Waals surface area (Å²) in [4.78, 5) is 13.0. The van der Waals surface area contributed by atoms with Crippen molar-refractivity contribution >= 4 is 6.09 Å². The highest BCUT2D eigenvalue weighted by Gasteiger charge is 2.35. The summed E-state index contributed by atoms with van der Waals surface area (Å²) in [6.07, 6.45) is 2.68. The van der Waals surface area contributed by atoms with E-state index in [2.05, 4.69) is 0 Å². The summed E-state index contributed by atoms with van der Waals surface area (Å²) in [5, 5.41) is 0. The van der Waals surface area contributed by atoms with Gasteiger partial charge in [-0.3, -0.25) is 0 Å². The smallest absolute Gasteiger partial charge is 0.410 e. The minimum absolute atomic E-state index is 0.154. The molecule has 0 atom stereocenters. The second-order valence-corrected chi connectivity index (χ2v) is 3.55. The molecule has 68 valence electrons. The Labute approximate surface area is 71.7 Å². The molecule has 0 radical (unpaired) electrons. The monoisotopic (exact) mass is 170 g/mol. The Morgan fingerprint density at radius 1 is 1.50 bits per heavy atom. The number of carbonyl (C=O) groups is 1. The van der Waals surface area contributed by atoms with Crippen molar-refractivity contribution in [2.75, 3.05) is 13.2 Å². The average Bonchev–Trinajstić information content (AvgIpc) is 2.01. The van der Waals surface area contributed by atoms with Crippen LogP contribution in [0.1, 0.15) is 19.3 Å². The minimum atomic E-state index is -0.154. The van der Waals surface area contributed by atoms with Gasteiger partial charge in [-0.15, -0.1) is 0 Å². The molecule has 2 N–H and O–H groups in total. The molecule has 0 aromatic heterocycles.